The van der Waals surface area contributed by atoms with Crippen molar-refractivity contribution in [2.45, 2.75) is 19.0 Å². The number of benzene rings is 2. The molecule has 2 rings (SSSR count). The molecule has 8 heteroatoms. The average Bonchev–Trinajstić information content (AvgIpc) is 2.45. The summed E-state index contributed by atoms with van der Waals surface area (Å²) in [6, 6.07) is 9.33. The van der Waals surface area contributed by atoms with E-state index >= 15 is 0 Å². The number of ether oxygens (including phenoxy) is 1. The van der Waals surface area contributed by atoms with Crippen molar-refractivity contribution in [2.75, 3.05) is 0 Å². The van der Waals surface area contributed by atoms with E-state index in [1.54, 1.807) is 6.07 Å². The summed E-state index contributed by atoms with van der Waals surface area (Å²) in [4.78, 5) is 0. The van der Waals surface area contributed by atoms with Gasteiger partial charge in [0.05, 0.1) is 18.1 Å². The zero-order valence-electron chi connectivity index (χ0n) is 11.9. The number of alkyl halides is 6. The molecule has 0 radical (unpaired) electrons. The Labute approximate surface area is 132 Å². The molecular formula is C16H9F6NO. The van der Waals surface area contributed by atoms with Gasteiger partial charge in [0.15, 0.2) is 0 Å². The maximum absolute atomic E-state index is 13.0. The lowest BCUT2D eigenvalue weighted by Crippen LogP contribution is -2.17. The highest BCUT2D eigenvalue weighted by molar-refractivity contribution is 5.72. The predicted octanol–water partition coefficient (Wildman–Crippen LogP) is 5.34. The second kappa shape index (κ2) is 6.43. The molecule has 0 aromatic heterocycles. The number of hydrogen-bond donors (Lipinski definition) is 0. The van der Waals surface area contributed by atoms with Gasteiger partial charge in [-0.1, -0.05) is 18.2 Å². The minimum absolute atomic E-state index is 0.0455. The minimum atomic E-state index is -4.98. The van der Waals surface area contributed by atoms with Crippen LogP contribution in [0.5, 0.6) is 5.75 Å². The quantitative estimate of drug-likeness (QED) is 0.704. The summed E-state index contributed by atoms with van der Waals surface area (Å²) in [7, 11) is 0. The van der Waals surface area contributed by atoms with Crippen LogP contribution in [0.1, 0.15) is 11.1 Å². The fourth-order valence-corrected chi connectivity index (χ4v) is 2.12. The van der Waals surface area contributed by atoms with Crippen LogP contribution in [-0.4, -0.2) is 6.36 Å². The van der Waals surface area contributed by atoms with Crippen LogP contribution in [0, 0.1) is 11.3 Å². The van der Waals surface area contributed by atoms with E-state index in [-0.39, 0.29) is 23.1 Å². The first-order chi connectivity index (χ1) is 11.1. The molecule has 2 aromatic carbocycles. The van der Waals surface area contributed by atoms with Gasteiger partial charge in [0.2, 0.25) is 0 Å². The van der Waals surface area contributed by atoms with Crippen molar-refractivity contribution in [3.8, 4) is 22.9 Å². The molecular weight excluding hydrogens is 336 g/mol. The summed E-state index contributed by atoms with van der Waals surface area (Å²) in [5, 5.41) is 8.68. The Kier molecular flexibility index (Phi) is 4.73. The third-order valence-corrected chi connectivity index (χ3v) is 3.03. The van der Waals surface area contributed by atoms with E-state index in [2.05, 4.69) is 4.74 Å². The van der Waals surface area contributed by atoms with Crippen molar-refractivity contribution < 1.29 is 31.1 Å². The fourth-order valence-electron chi connectivity index (χ4n) is 2.12. The molecule has 0 saturated heterocycles. The SMILES string of the molecule is N#CCc1cc(-c2ccccc2OC(F)(F)F)cc(C(F)(F)F)c1. The minimum Gasteiger partial charge on any atom is -0.405 e. The van der Waals surface area contributed by atoms with Crippen LogP contribution in [0.2, 0.25) is 0 Å². The number of rotatable bonds is 3. The Morgan fingerprint density at radius 1 is 0.958 bits per heavy atom. The van der Waals surface area contributed by atoms with Gasteiger partial charge in [-0.3, -0.25) is 0 Å². The molecule has 0 fully saturated rings. The number of halogens is 6. The Balaban J connectivity index is 2.60. The third-order valence-electron chi connectivity index (χ3n) is 3.03. The van der Waals surface area contributed by atoms with Crippen molar-refractivity contribution in [3.05, 3.63) is 53.6 Å². The van der Waals surface area contributed by atoms with Gasteiger partial charge in [-0.15, -0.1) is 13.2 Å². The second-order valence-electron chi connectivity index (χ2n) is 4.80. The molecule has 0 heterocycles. The molecule has 0 unspecified atom stereocenters. The van der Waals surface area contributed by atoms with Crippen molar-refractivity contribution in [1.82, 2.24) is 0 Å². The molecule has 0 amide bonds. The lowest BCUT2D eigenvalue weighted by atomic mass is 9.97. The maximum Gasteiger partial charge on any atom is 0.573 e. The van der Waals surface area contributed by atoms with Crippen molar-refractivity contribution >= 4 is 0 Å². The van der Waals surface area contributed by atoms with Crippen LogP contribution in [0.3, 0.4) is 0 Å². The van der Waals surface area contributed by atoms with Crippen LogP contribution >= 0.6 is 0 Å². The number of para-hydroxylation sites is 1. The number of hydrogen-bond acceptors (Lipinski definition) is 2. The lowest BCUT2D eigenvalue weighted by Gasteiger charge is -2.15. The van der Waals surface area contributed by atoms with E-state index in [1.165, 1.54) is 24.3 Å². The van der Waals surface area contributed by atoms with E-state index in [4.69, 9.17) is 5.26 Å². The lowest BCUT2D eigenvalue weighted by molar-refractivity contribution is -0.274. The highest BCUT2D eigenvalue weighted by Crippen LogP contribution is 2.38. The first kappa shape index (κ1) is 17.7. The van der Waals surface area contributed by atoms with Gasteiger partial charge in [0.25, 0.3) is 0 Å². The molecule has 0 aliphatic rings. The molecule has 126 valence electrons. The molecule has 2 aromatic rings. The molecule has 0 N–H and O–H groups in total. The second-order valence-corrected chi connectivity index (χ2v) is 4.80. The predicted molar refractivity (Wildman–Crippen MR) is 72.9 cm³/mol. The molecule has 0 aliphatic heterocycles. The fraction of sp³-hybridized carbons (Fsp3) is 0.188. The summed E-state index contributed by atoms with van der Waals surface area (Å²) in [6.07, 6.45) is -9.98. The molecule has 0 saturated carbocycles. The van der Waals surface area contributed by atoms with E-state index in [9.17, 15) is 26.3 Å². The highest BCUT2D eigenvalue weighted by atomic mass is 19.4. The maximum atomic E-state index is 13.0. The molecule has 0 bridgehead atoms. The van der Waals surface area contributed by atoms with Gasteiger partial charge in [-0.25, -0.2) is 0 Å². The topological polar surface area (TPSA) is 33.0 Å². The van der Waals surface area contributed by atoms with Gasteiger partial charge >= 0.3 is 12.5 Å². The summed E-state index contributed by atoms with van der Waals surface area (Å²) in [6.45, 7) is 0. The zero-order chi connectivity index (χ0) is 18.0. The largest absolute Gasteiger partial charge is 0.573 e. The summed E-state index contributed by atoms with van der Waals surface area (Å²) in [5.74, 6) is -0.618. The first-order valence-electron chi connectivity index (χ1n) is 6.53. The standard InChI is InChI=1S/C16H9F6NO/c17-15(18,19)12-8-10(5-6-23)7-11(9-12)13-3-1-2-4-14(13)24-16(20,21)22/h1-4,7-9H,5H2. The van der Waals surface area contributed by atoms with Crippen molar-refractivity contribution in [2.24, 2.45) is 0 Å². The van der Waals surface area contributed by atoms with E-state index in [0.29, 0.717) is 0 Å². The van der Waals surface area contributed by atoms with Gasteiger partial charge in [-0.05, 0) is 35.4 Å². The molecule has 0 atom stereocenters. The van der Waals surface area contributed by atoms with Crippen LogP contribution in [0.25, 0.3) is 11.1 Å². The normalized spacial score (nSPS) is 11.9. The molecule has 0 aliphatic carbocycles. The van der Waals surface area contributed by atoms with Gasteiger partial charge < -0.3 is 4.74 Å². The average molecular weight is 345 g/mol. The summed E-state index contributed by atoms with van der Waals surface area (Å²) in [5.41, 5.74) is -1.27. The van der Waals surface area contributed by atoms with Crippen molar-refractivity contribution in [1.29, 1.82) is 5.26 Å². The highest BCUT2D eigenvalue weighted by Gasteiger charge is 2.33. The zero-order valence-corrected chi connectivity index (χ0v) is 11.9. The van der Waals surface area contributed by atoms with Gasteiger partial charge in [0.1, 0.15) is 5.75 Å². The third kappa shape index (κ3) is 4.41. The summed E-state index contributed by atoms with van der Waals surface area (Å²) < 4.78 is 80.2. The smallest absolute Gasteiger partial charge is 0.405 e. The molecule has 0 spiro atoms. The van der Waals surface area contributed by atoms with Crippen molar-refractivity contribution in [3.63, 3.8) is 0 Å². The molecule has 24 heavy (non-hydrogen) atoms. The number of nitriles is 1. The monoisotopic (exact) mass is 345 g/mol. The van der Waals surface area contributed by atoms with Crippen LogP contribution in [0.4, 0.5) is 26.3 Å². The van der Waals surface area contributed by atoms with E-state index < -0.39 is 23.9 Å². The summed E-state index contributed by atoms with van der Waals surface area (Å²) >= 11 is 0. The van der Waals surface area contributed by atoms with Crippen LogP contribution in [-0.2, 0) is 12.6 Å². The van der Waals surface area contributed by atoms with E-state index in [0.717, 1.165) is 18.2 Å². The Hall–Kier alpha value is -2.69. The van der Waals surface area contributed by atoms with Crippen LogP contribution in [0.15, 0.2) is 42.5 Å². The van der Waals surface area contributed by atoms with Gasteiger partial charge in [0, 0.05) is 5.56 Å². The van der Waals surface area contributed by atoms with Crippen LogP contribution < -0.4 is 4.74 Å². The Bertz CT molecular complexity index is 773. The Morgan fingerprint density at radius 3 is 2.21 bits per heavy atom. The molecule has 2 nitrogen and oxygen atoms in total. The Morgan fingerprint density at radius 2 is 1.62 bits per heavy atom. The first-order valence-corrected chi connectivity index (χ1v) is 6.53. The van der Waals surface area contributed by atoms with E-state index in [1.807, 2.05) is 0 Å². The number of nitrogens with zero attached hydrogens (tertiary/aromatic N) is 1. The van der Waals surface area contributed by atoms with Gasteiger partial charge in [-0.2, -0.15) is 18.4 Å².